The largest absolute Gasteiger partial charge is 0.366 e. The summed E-state index contributed by atoms with van der Waals surface area (Å²) in [6.07, 6.45) is 1.06. The third-order valence-corrected chi connectivity index (χ3v) is 2.93. The molecule has 1 unspecified atom stereocenters. The minimum Gasteiger partial charge on any atom is -0.366 e. The van der Waals surface area contributed by atoms with Crippen molar-refractivity contribution >= 4 is 5.78 Å². The number of hydrogen-bond donors (Lipinski definition) is 0. The first kappa shape index (κ1) is 13.9. The SMILES string of the molecule is CCCC(=O)C(OCC)c1c(C)cccc1C. The lowest BCUT2D eigenvalue weighted by atomic mass is 9.94. The summed E-state index contributed by atoms with van der Waals surface area (Å²) in [5, 5.41) is 0. The number of benzene rings is 1. The van der Waals surface area contributed by atoms with E-state index in [1.54, 1.807) is 0 Å². The molecule has 0 heterocycles. The summed E-state index contributed by atoms with van der Waals surface area (Å²) in [6.45, 7) is 8.58. The van der Waals surface area contributed by atoms with E-state index in [0.717, 1.165) is 23.1 Å². The van der Waals surface area contributed by atoms with Crippen LogP contribution in [0, 0.1) is 13.8 Å². The Balaban J connectivity index is 3.09. The summed E-state index contributed by atoms with van der Waals surface area (Å²) < 4.78 is 5.65. The Bertz CT molecular complexity index is 362. The zero-order valence-corrected chi connectivity index (χ0v) is 11.2. The molecule has 0 bridgehead atoms. The third-order valence-electron chi connectivity index (χ3n) is 2.93. The summed E-state index contributed by atoms with van der Waals surface area (Å²) in [4.78, 5) is 12.1. The Hall–Kier alpha value is -1.15. The first-order valence-electron chi connectivity index (χ1n) is 6.32. The van der Waals surface area contributed by atoms with Crippen LogP contribution in [0.4, 0.5) is 0 Å². The summed E-state index contributed by atoms with van der Waals surface area (Å²) in [5.41, 5.74) is 3.31. The van der Waals surface area contributed by atoms with Crippen LogP contribution in [0.1, 0.15) is 49.5 Å². The molecule has 1 rings (SSSR count). The van der Waals surface area contributed by atoms with Gasteiger partial charge in [0.1, 0.15) is 6.10 Å². The van der Waals surface area contributed by atoms with Crippen molar-refractivity contribution in [1.82, 2.24) is 0 Å². The van der Waals surface area contributed by atoms with Crippen molar-refractivity contribution in [2.24, 2.45) is 0 Å². The zero-order chi connectivity index (χ0) is 12.8. The van der Waals surface area contributed by atoms with E-state index in [1.807, 2.05) is 45.9 Å². The molecule has 2 heteroatoms. The number of Topliss-reactive ketones (excluding diaryl/α,β-unsaturated/α-hetero) is 1. The van der Waals surface area contributed by atoms with Crippen LogP contribution in [0.3, 0.4) is 0 Å². The van der Waals surface area contributed by atoms with Gasteiger partial charge in [-0.1, -0.05) is 25.1 Å². The molecule has 1 atom stereocenters. The van der Waals surface area contributed by atoms with Gasteiger partial charge in [0.25, 0.3) is 0 Å². The van der Waals surface area contributed by atoms with Crippen molar-refractivity contribution < 1.29 is 9.53 Å². The summed E-state index contributed by atoms with van der Waals surface area (Å²) in [7, 11) is 0. The van der Waals surface area contributed by atoms with Crippen LogP contribution in [-0.2, 0) is 9.53 Å². The van der Waals surface area contributed by atoms with Crippen LogP contribution >= 0.6 is 0 Å². The van der Waals surface area contributed by atoms with Crippen molar-refractivity contribution in [3.63, 3.8) is 0 Å². The molecule has 1 aromatic carbocycles. The number of aryl methyl sites for hydroxylation is 2. The van der Waals surface area contributed by atoms with Crippen LogP contribution in [0.25, 0.3) is 0 Å². The molecule has 0 amide bonds. The molecular formula is C15H22O2. The summed E-state index contributed by atoms with van der Waals surface area (Å²) in [6, 6.07) is 6.09. The van der Waals surface area contributed by atoms with E-state index in [4.69, 9.17) is 4.74 Å². The lowest BCUT2D eigenvalue weighted by molar-refractivity contribution is -0.130. The predicted molar refractivity (Wildman–Crippen MR) is 70.2 cm³/mol. The fourth-order valence-corrected chi connectivity index (χ4v) is 2.12. The van der Waals surface area contributed by atoms with E-state index in [1.165, 1.54) is 0 Å². The van der Waals surface area contributed by atoms with E-state index in [9.17, 15) is 4.79 Å². The van der Waals surface area contributed by atoms with Gasteiger partial charge in [-0.05, 0) is 43.9 Å². The van der Waals surface area contributed by atoms with Gasteiger partial charge >= 0.3 is 0 Å². The van der Waals surface area contributed by atoms with Gasteiger partial charge in [0.15, 0.2) is 5.78 Å². The Kier molecular flexibility index (Phi) is 5.36. The van der Waals surface area contributed by atoms with Crippen molar-refractivity contribution in [3.05, 3.63) is 34.9 Å². The van der Waals surface area contributed by atoms with Gasteiger partial charge in [-0.3, -0.25) is 4.79 Å². The summed E-state index contributed by atoms with van der Waals surface area (Å²) >= 11 is 0. The highest BCUT2D eigenvalue weighted by atomic mass is 16.5. The lowest BCUT2D eigenvalue weighted by Gasteiger charge is -2.20. The van der Waals surface area contributed by atoms with Gasteiger partial charge in [0.05, 0.1) is 0 Å². The molecule has 0 aliphatic rings. The second kappa shape index (κ2) is 6.55. The molecular weight excluding hydrogens is 212 g/mol. The summed E-state index contributed by atoms with van der Waals surface area (Å²) in [5.74, 6) is 0.187. The monoisotopic (exact) mass is 234 g/mol. The molecule has 17 heavy (non-hydrogen) atoms. The number of carbonyl (C=O) groups is 1. The van der Waals surface area contributed by atoms with Crippen molar-refractivity contribution in [1.29, 1.82) is 0 Å². The third kappa shape index (κ3) is 3.40. The van der Waals surface area contributed by atoms with Gasteiger partial charge in [-0.2, -0.15) is 0 Å². The lowest BCUT2D eigenvalue weighted by Crippen LogP contribution is -2.18. The van der Waals surface area contributed by atoms with E-state index in [2.05, 4.69) is 0 Å². The first-order chi connectivity index (χ1) is 8.11. The number of carbonyl (C=O) groups excluding carboxylic acids is 1. The van der Waals surface area contributed by atoms with Gasteiger partial charge in [0, 0.05) is 13.0 Å². The second-order valence-electron chi connectivity index (χ2n) is 4.36. The molecule has 0 aliphatic heterocycles. The van der Waals surface area contributed by atoms with Crippen LogP contribution in [0.2, 0.25) is 0 Å². The van der Waals surface area contributed by atoms with Gasteiger partial charge in [-0.25, -0.2) is 0 Å². The molecule has 1 aromatic rings. The van der Waals surface area contributed by atoms with E-state index < -0.39 is 0 Å². The number of ether oxygens (including phenoxy) is 1. The molecule has 0 spiro atoms. The molecule has 0 radical (unpaired) electrons. The Morgan fingerprint density at radius 2 is 1.82 bits per heavy atom. The highest BCUT2D eigenvalue weighted by Crippen LogP contribution is 2.27. The van der Waals surface area contributed by atoms with E-state index >= 15 is 0 Å². The molecule has 0 aromatic heterocycles. The quantitative estimate of drug-likeness (QED) is 0.749. The fraction of sp³-hybridized carbons (Fsp3) is 0.533. The second-order valence-corrected chi connectivity index (χ2v) is 4.36. The smallest absolute Gasteiger partial charge is 0.166 e. The van der Waals surface area contributed by atoms with Gasteiger partial charge in [-0.15, -0.1) is 0 Å². The van der Waals surface area contributed by atoms with Crippen LogP contribution in [-0.4, -0.2) is 12.4 Å². The molecule has 0 N–H and O–H groups in total. The normalized spacial score (nSPS) is 12.5. The maximum absolute atomic E-state index is 12.1. The van der Waals surface area contributed by atoms with Crippen molar-refractivity contribution in [3.8, 4) is 0 Å². The maximum Gasteiger partial charge on any atom is 0.166 e. The Morgan fingerprint density at radius 3 is 2.29 bits per heavy atom. The number of hydrogen-bond acceptors (Lipinski definition) is 2. The average Bonchev–Trinajstić information content (AvgIpc) is 2.28. The van der Waals surface area contributed by atoms with Gasteiger partial charge in [0.2, 0.25) is 0 Å². The van der Waals surface area contributed by atoms with Crippen molar-refractivity contribution in [2.45, 2.75) is 46.6 Å². The highest BCUT2D eigenvalue weighted by Gasteiger charge is 2.23. The molecule has 2 nitrogen and oxygen atoms in total. The van der Waals surface area contributed by atoms with Crippen LogP contribution in [0.15, 0.2) is 18.2 Å². The van der Waals surface area contributed by atoms with Crippen LogP contribution in [0.5, 0.6) is 0 Å². The van der Waals surface area contributed by atoms with E-state index in [0.29, 0.717) is 13.0 Å². The minimum absolute atomic E-state index is 0.187. The molecule has 0 fully saturated rings. The average molecular weight is 234 g/mol. The Labute approximate surface area is 104 Å². The number of rotatable bonds is 6. The van der Waals surface area contributed by atoms with Gasteiger partial charge < -0.3 is 4.74 Å². The molecule has 0 aliphatic carbocycles. The Morgan fingerprint density at radius 1 is 1.24 bits per heavy atom. The predicted octanol–water partition coefficient (Wildman–Crippen LogP) is 3.75. The topological polar surface area (TPSA) is 26.3 Å². The molecule has 94 valence electrons. The molecule has 0 saturated heterocycles. The standard InChI is InChI=1S/C15H22O2/c1-5-8-13(16)15(17-6-2)14-11(3)9-7-10-12(14)4/h7,9-10,15H,5-6,8H2,1-4H3. The minimum atomic E-state index is -0.388. The van der Waals surface area contributed by atoms with Crippen LogP contribution < -0.4 is 0 Å². The molecule has 0 saturated carbocycles. The fourth-order valence-electron chi connectivity index (χ4n) is 2.12. The first-order valence-corrected chi connectivity index (χ1v) is 6.32. The zero-order valence-electron chi connectivity index (χ0n) is 11.2. The van der Waals surface area contributed by atoms with Crippen molar-refractivity contribution in [2.75, 3.05) is 6.61 Å². The maximum atomic E-state index is 12.1. The number of ketones is 1. The highest BCUT2D eigenvalue weighted by molar-refractivity contribution is 5.85. The van der Waals surface area contributed by atoms with E-state index in [-0.39, 0.29) is 11.9 Å².